The lowest BCUT2D eigenvalue weighted by atomic mass is 9.97. The smallest absolute Gasteiger partial charge is 0.220 e. The summed E-state index contributed by atoms with van der Waals surface area (Å²) in [6, 6.07) is 14.7. The molecule has 2 aromatic rings. The molecule has 3 rings (SSSR count). The second-order valence-electron chi connectivity index (χ2n) is 6.42. The molecular formula is C19H24N2O. The zero-order valence-corrected chi connectivity index (χ0v) is 13.1. The number of carbonyl (C=O) groups excluding carboxylic acids is 1. The summed E-state index contributed by atoms with van der Waals surface area (Å²) in [5.74, 6) is 0.461. The van der Waals surface area contributed by atoms with E-state index in [1.807, 2.05) is 25.1 Å². The molecule has 3 heteroatoms. The van der Waals surface area contributed by atoms with Crippen LogP contribution in [0.4, 0.5) is 0 Å². The monoisotopic (exact) mass is 296 g/mol. The summed E-state index contributed by atoms with van der Waals surface area (Å²) in [6.07, 6.45) is 3.84. The number of amides is 1. The molecule has 2 aromatic carbocycles. The third-order valence-electron chi connectivity index (χ3n) is 4.83. The van der Waals surface area contributed by atoms with Crippen molar-refractivity contribution in [2.45, 2.75) is 44.7 Å². The average molecular weight is 296 g/mol. The van der Waals surface area contributed by atoms with Gasteiger partial charge in [0.2, 0.25) is 5.91 Å². The van der Waals surface area contributed by atoms with Crippen molar-refractivity contribution in [1.29, 1.82) is 0 Å². The van der Waals surface area contributed by atoms with Crippen molar-refractivity contribution in [1.82, 2.24) is 5.32 Å². The van der Waals surface area contributed by atoms with Gasteiger partial charge in [0.15, 0.2) is 0 Å². The Kier molecular flexibility index (Phi) is 4.44. The van der Waals surface area contributed by atoms with E-state index in [9.17, 15) is 4.79 Å². The Balaban J connectivity index is 1.70. The molecule has 0 heterocycles. The summed E-state index contributed by atoms with van der Waals surface area (Å²) >= 11 is 0. The van der Waals surface area contributed by atoms with Crippen molar-refractivity contribution in [2.24, 2.45) is 11.7 Å². The first-order chi connectivity index (χ1) is 10.6. The molecule has 3 N–H and O–H groups in total. The molecule has 1 aliphatic rings. The standard InChI is InChI=1S/C19H24N2O/c1-13(21-19(22)12-15-8-5-11-18(15)20)16-10-4-7-14-6-2-3-9-17(14)16/h2-4,6-7,9-10,13,15,18H,5,8,11-12,20H2,1H3,(H,21,22)/t13?,15-,18+/m0/s1. The topological polar surface area (TPSA) is 55.1 Å². The SMILES string of the molecule is CC(NC(=O)C[C@@H]1CCC[C@H]1N)c1cccc2ccccc12. The number of carbonyl (C=O) groups is 1. The molecule has 0 aliphatic heterocycles. The van der Waals surface area contributed by atoms with Crippen molar-refractivity contribution in [3.05, 3.63) is 48.0 Å². The Morgan fingerprint density at radius 3 is 2.77 bits per heavy atom. The van der Waals surface area contributed by atoms with E-state index in [0.717, 1.165) is 19.3 Å². The molecule has 1 unspecified atom stereocenters. The van der Waals surface area contributed by atoms with Gasteiger partial charge >= 0.3 is 0 Å². The fraction of sp³-hybridized carbons (Fsp3) is 0.421. The van der Waals surface area contributed by atoms with Crippen LogP contribution in [0.15, 0.2) is 42.5 Å². The molecule has 3 atom stereocenters. The molecule has 116 valence electrons. The molecular weight excluding hydrogens is 272 g/mol. The van der Waals surface area contributed by atoms with Crippen molar-refractivity contribution in [2.75, 3.05) is 0 Å². The highest BCUT2D eigenvalue weighted by molar-refractivity contribution is 5.86. The quantitative estimate of drug-likeness (QED) is 0.906. The van der Waals surface area contributed by atoms with Crippen LogP contribution in [-0.2, 0) is 4.79 Å². The number of rotatable bonds is 4. The number of nitrogens with two attached hydrogens (primary N) is 1. The van der Waals surface area contributed by atoms with E-state index in [1.54, 1.807) is 0 Å². The highest BCUT2D eigenvalue weighted by atomic mass is 16.1. The third kappa shape index (κ3) is 3.14. The molecule has 0 saturated heterocycles. The van der Waals surface area contributed by atoms with Crippen molar-refractivity contribution >= 4 is 16.7 Å². The van der Waals surface area contributed by atoms with Gasteiger partial charge in [0, 0.05) is 12.5 Å². The highest BCUT2D eigenvalue weighted by Gasteiger charge is 2.26. The predicted octanol–water partition coefficient (Wildman–Crippen LogP) is 3.53. The molecule has 1 amide bonds. The van der Waals surface area contributed by atoms with Gasteiger partial charge in [-0.2, -0.15) is 0 Å². The Morgan fingerprint density at radius 2 is 2.00 bits per heavy atom. The van der Waals surface area contributed by atoms with Crippen LogP contribution in [0.2, 0.25) is 0 Å². The summed E-state index contributed by atoms with van der Waals surface area (Å²) in [5.41, 5.74) is 7.23. The normalized spacial score (nSPS) is 22.6. The molecule has 1 fully saturated rings. The van der Waals surface area contributed by atoms with E-state index in [0.29, 0.717) is 12.3 Å². The number of hydrogen-bond acceptors (Lipinski definition) is 2. The van der Waals surface area contributed by atoms with E-state index < -0.39 is 0 Å². The fourth-order valence-corrected chi connectivity index (χ4v) is 3.56. The van der Waals surface area contributed by atoms with Gasteiger partial charge < -0.3 is 11.1 Å². The van der Waals surface area contributed by atoms with Crippen molar-refractivity contribution < 1.29 is 4.79 Å². The predicted molar refractivity (Wildman–Crippen MR) is 90.4 cm³/mol. The molecule has 1 saturated carbocycles. The number of fused-ring (bicyclic) bond motifs is 1. The zero-order chi connectivity index (χ0) is 15.5. The molecule has 3 nitrogen and oxygen atoms in total. The van der Waals surface area contributed by atoms with Gasteiger partial charge in [-0.3, -0.25) is 4.79 Å². The van der Waals surface area contributed by atoms with E-state index in [-0.39, 0.29) is 18.0 Å². The van der Waals surface area contributed by atoms with Gasteiger partial charge in [0.25, 0.3) is 0 Å². The minimum absolute atomic E-state index is 0.0104. The van der Waals surface area contributed by atoms with Crippen LogP contribution in [0.3, 0.4) is 0 Å². The highest BCUT2D eigenvalue weighted by Crippen LogP contribution is 2.28. The van der Waals surface area contributed by atoms with Crippen LogP contribution in [-0.4, -0.2) is 11.9 Å². The summed E-state index contributed by atoms with van der Waals surface area (Å²) in [6.45, 7) is 2.05. The van der Waals surface area contributed by atoms with Crippen LogP contribution in [0.1, 0.15) is 44.2 Å². The van der Waals surface area contributed by atoms with Crippen LogP contribution >= 0.6 is 0 Å². The van der Waals surface area contributed by atoms with Crippen molar-refractivity contribution in [3.8, 4) is 0 Å². The molecule has 0 bridgehead atoms. The first kappa shape index (κ1) is 15.0. The maximum Gasteiger partial charge on any atom is 0.220 e. The second-order valence-corrected chi connectivity index (χ2v) is 6.42. The Labute approximate surface area is 131 Å². The molecule has 0 spiro atoms. The lowest BCUT2D eigenvalue weighted by Crippen LogP contribution is -2.32. The zero-order valence-electron chi connectivity index (χ0n) is 13.1. The van der Waals surface area contributed by atoms with Gasteiger partial charge in [-0.05, 0) is 42.0 Å². The van der Waals surface area contributed by atoms with Crippen LogP contribution in [0, 0.1) is 5.92 Å². The number of nitrogens with one attached hydrogen (secondary N) is 1. The molecule has 1 aliphatic carbocycles. The summed E-state index contributed by atoms with van der Waals surface area (Å²) in [7, 11) is 0. The largest absolute Gasteiger partial charge is 0.350 e. The van der Waals surface area contributed by atoms with Gasteiger partial charge in [-0.15, -0.1) is 0 Å². The van der Waals surface area contributed by atoms with Gasteiger partial charge in [0.05, 0.1) is 6.04 Å². The van der Waals surface area contributed by atoms with Crippen LogP contribution < -0.4 is 11.1 Å². The minimum Gasteiger partial charge on any atom is -0.350 e. The number of hydrogen-bond donors (Lipinski definition) is 2. The Hall–Kier alpha value is -1.87. The summed E-state index contributed by atoms with van der Waals surface area (Å²) in [5, 5.41) is 5.55. The summed E-state index contributed by atoms with van der Waals surface area (Å²) < 4.78 is 0. The van der Waals surface area contributed by atoms with Crippen LogP contribution in [0.25, 0.3) is 10.8 Å². The van der Waals surface area contributed by atoms with E-state index >= 15 is 0 Å². The van der Waals surface area contributed by atoms with Gasteiger partial charge in [0.1, 0.15) is 0 Å². The van der Waals surface area contributed by atoms with E-state index in [2.05, 4.69) is 29.6 Å². The van der Waals surface area contributed by atoms with Gasteiger partial charge in [-0.25, -0.2) is 0 Å². The Bertz CT molecular complexity index is 662. The lowest BCUT2D eigenvalue weighted by molar-refractivity contribution is -0.122. The van der Waals surface area contributed by atoms with E-state index in [4.69, 9.17) is 5.73 Å². The molecule has 0 radical (unpaired) electrons. The van der Waals surface area contributed by atoms with Gasteiger partial charge in [-0.1, -0.05) is 48.9 Å². The first-order valence-electron chi connectivity index (χ1n) is 8.18. The maximum absolute atomic E-state index is 12.3. The van der Waals surface area contributed by atoms with Crippen molar-refractivity contribution in [3.63, 3.8) is 0 Å². The third-order valence-corrected chi connectivity index (χ3v) is 4.83. The fourth-order valence-electron chi connectivity index (χ4n) is 3.56. The lowest BCUT2D eigenvalue weighted by Gasteiger charge is -2.19. The van der Waals surface area contributed by atoms with E-state index in [1.165, 1.54) is 16.3 Å². The molecule has 0 aromatic heterocycles. The average Bonchev–Trinajstić information content (AvgIpc) is 2.91. The molecule has 22 heavy (non-hydrogen) atoms. The first-order valence-corrected chi connectivity index (χ1v) is 8.18. The van der Waals surface area contributed by atoms with Crippen LogP contribution in [0.5, 0.6) is 0 Å². The number of benzene rings is 2. The summed E-state index contributed by atoms with van der Waals surface area (Å²) in [4.78, 5) is 12.3. The second kappa shape index (κ2) is 6.49. The minimum atomic E-state index is 0.0104. The maximum atomic E-state index is 12.3. The Morgan fingerprint density at radius 1 is 1.23 bits per heavy atom.